The van der Waals surface area contributed by atoms with Crippen molar-refractivity contribution < 1.29 is 4.79 Å². The Morgan fingerprint density at radius 1 is 1.11 bits per heavy atom. The molecule has 0 bridgehead atoms. The second-order valence-corrected chi connectivity index (χ2v) is 12.7. The van der Waals surface area contributed by atoms with Gasteiger partial charge in [0.1, 0.15) is 11.2 Å². The summed E-state index contributed by atoms with van der Waals surface area (Å²) in [5, 5.41) is 13.9. The van der Waals surface area contributed by atoms with Gasteiger partial charge < -0.3 is 5.32 Å². The van der Waals surface area contributed by atoms with E-state index in [9.17, 15) is 4.79 Å². The van der Waals surface area contributed by atoms with E-state index in [0.29, 0.717) is 16.5 Å². The zero-order valence-corrected chi connectivity index (χ0v) is 22.8. The number of thioether (sulfide) groups is 1. The minimum atomic E-state index is -0.0831. The van der Waals surface area contributed by atoms with Gasteiger partial charge in [-0.05, 0) is 47.8 Å². The number of nitrogens with one attached hydrogen (secondary N) is 1. The largest absolute Gasteiger partial charge is 0.325 e. The third kappa shape index (κ3) is 4.64. The fraction of sp³-hybridized carbons (Fsp3) is 0.310. The van der Waals surface area contributed by atoms with E-state index in [0.717, 1.165) is 45.5 Å². The van der Waals surface area contributed by atoms with Gasteiger partial charge in [0.15, 0.2) is 10.8 Å². The van der Waals surface area contributed by atoms with Crippen LogP contribution < -0.4 is 5.32 Å². The van der Waals surface area contributed by atoms with Gasteiger partial charge >= 0.3 is 0 Å². The second kappa shape index (κ2) is 9.58. The Balaban J connectivity index is 1.21. The lowest BCUT2D eigenvalue weighted by atomic mass is 9.72. The number of hydrogen-bond acceptors (Lipinski definition) is 6. The molecule has 0 fully saturated rings. The third-order valence-corrected chi connectivity index (χ3v) is 9.37. The second-order valence-electron chi connectivity index (χ2n) is 10.7. The van der Waals surface area contributed by atoms with Gasteiger partial charge in [-0.2, -0.15) is 0 Å². The Hall–Kier alpha value is -3.23. The van der Waals surface area contributed by atoms with Crippen molar-refractivity contribution in [1.82, 2.24) is 19.6 Å². The average molecular weight is 528 g/mol. The number of benzene rings is 2. The highest BCUT2D eigenvalue weighted by Crippen LogP contribution is 2.43. The number of para-hydroxylation sites is 1. The molecule has 0 saturated heterocycles. The molecule has 0 saturated carbocycles. The maximum atomic E-state index is 12.9. The topological polar surface area (TPSA) is 72.2 Å². The standard InChI is InChI=1S/C29H29N5OS2/c1-29(2,3)19-13-14-21-23(15-19)37-27-25(21)26-32-33-28(34(26)17-30-27)36-16-24(35)31-22-12-8-7-11-20(22)18-9-5-4-6-10-18/h4-12,17,19H,13-16H2,1-3H3,(H,31,35). The lowest BCUT2D eigenvalue weighted by Gasteiger charge is -2.33. The third-order valence-electron chi connectivity index (χ3n) is 7.27. The molecule has 6 rings (SSSR count). The summed E-state index contributed by atoms with van der Waals surface area (Å²) >= 11 is 3.18. The molecule has 3 heterocycles. The van der Waals surface area contributed by atoms with Crippen molar-refractivity contribution >= 4 is 50.6 Å². The summed E-state index contributed by atoms with van der Waals surface area (Å²) in [6.45, 7) is 7.01. The zero-order valence-electron chi connectivity index (χ0n) is 21.2. The van der Waals surface area contributed by atoms with Gasteiger partial charge in [-0.3, -0.25) is 9.20 Å². The van der Waals surface area contributed by atoms with Crippen LogP contribution in [0.4, 0.5) is 5.69 Å². The summed E-state index contributed by atoms with van der Waals surface area (Å²) in [5.41, 5.74) is 5.39. The number of rotatable bonds is 5. The highest BCUT2D eigenvalue weighted by Gasteiger charge is 2.32. The highest BCUT2D eigenvalue weighted by atomic mass is 32.2. The predicted octanol–water partition coefficient (Wildman–Crippen LogP) is 6.89. The minimum absolute atomic E-state index is 0.0831. The number of hydrogen-bond donors (Lipinski definition) is 1. The van der Waals surface area contributed by atoms with Crippen molar-refractivity contribution in [2.45, 2.75) is 45.2 Å². The van der Waals surface area contributed by atoms with Crippen LogP contribution in [-0.4, -0.2) is 31.2 Å². The number of thiophene rings is 1. The lowest BCUT2D eigenvalue weighted by molar-refractivity contribution is -0.113. The van der Waals surface area contributed by atoms with Gasteiger partial charge in [0.2, 0.25) is 5.91 Å². The molecule has 6 nitrogen and oxygen atoms in total. The zero-order chi connectivity index (χ0) is 25.6. The van der Waals surface area contributed by atoms with Gasteiger partial charge in [0.25, 0.3) is 0 Å². The first-order chi connectivity index (χ1) is 17.9. The van der Waals surface area contributed by atoms with E-state index in [1.165, 1.54) is 28.6 Å². The van der Waals surface area contributed by atoms with Gasteiger partial charge in [0.05, 0.1) is 11.1 Å². The maximum absolute atomic E-state index is 12.9. The molecule has 1 aliphatic rings. The van der Waals surface area contributed by atoms with Crippen LogP contribution in [0.2, 0.25) is 0 Å². The molecule has 0 aliphatic heterocycles. The summed E-state index contributed by atoms with van der Waals surface area (Å²) < 4.78 is 1.93. The Morgan fingerprint density at radius 2 is 1.89 bits per heavy atom. The lowest BCUT2D eigenvalue weighted by Crippen LogP contribution is -2.26. The summed E-state index contributed by atoms with van der Waals surface area (Å²) in [4.78, 5) is 20.1. The molecule has 2 aromatic carbocycles. The van der Waals surface area contributed by atoms with Crippen LogP contribution in [0.3, 0.4) is 0 Å². The van der Waals surface area contributed by atoms with Crippen molar-refractivity contribution in [1.29, 1.82) is 0 Å². The summed E-state index contributed by atoms with van der Waals surface area (Å²) in [6, 6.07) is 17.9. The van der Waals surface area contributed by atoms with Crippen molar-refractivity contribution in [2.75, 3.05) is 11.1 Å². The summed E-state index contributed by atoms with van der Waals surface area (Å²) in [6.07, 6.45) is 5.14. The molecule has 8 heteroatoms. The van der Waals surface area contributed by atoms with E-state index in [2.05, 4.69) is 36.3 Å². The number of amides is 1. The van der Waals surface area contributed by atoms with Gasteiger partial charge in [0, 0.05) is 16.1 Å². The first kappa shape index (κ1) is 24.1. The number of fused-ring (bicyclic) bond motifs is 5. The SMILES string of the molecule is CC(C)(C)C1CCc2c(sc3ncn4c(SCC(=O)Nc5ccccc5-c5ccccc5)nnc4c23)C1. The van der Waals surface area contributed by atoms with Crippen LogP contribution in [0.25, 0.3) is 27.0 Å². The van der Waals surface area contributed by atoms with E-state index in [1.807, 2.05) is 59.0 Å². The molecule has 3 aromatic heterocycles. The number of aromatic nitrogens is 4. The molecule has 1 aliphatic carbocycles. The first-order valence-corrected chi connectivity index (χ1v) is 14.4. The smallest absolute Gasteiger partial charge is 0.234 e. The Labute approximate surface area is 224 Å². The molecule has 1 atom stereocenters. The Kier molecular flexibility index (Phi) is 6.24. The van der Waals surface area contributed by atoms with Crippen molar-refractivity contribution in [3.63, 3.8) is 0 Å². The molecule has 1 unspecified atom stereocenters. The first-order valence-electron chi connectivity index (χ1n) is 12.6. The number of aryl methyl sites for hydroxylation is 1. The molecular weight excluding hydrogens is 498 g/mol. The Bertz CT molecular complexity index is 1600. The van der Waals surface area contributed by atoms with E-state index in [1.54, 1.807) is 17.7 Å². The molecule has 37 heavy (non-hydrogen) atoms. The molecule has 1 N–H and O–H groups in total. The van der Waals surface area contributed by atoms with E-state index < -0.39 is 0 Å². The monoisotopic (exact) mass is 527 g/mol. The number of carbonyl (C=O) groups is 1. The number of anilines is 1. The molecular formula is C29H29N5OS2. The van der Waals surface area contributed by atoms with Gasteiger partial charge in [-0.15, -0.1) is 21.5 Å². The van der Waals surface area contributed by atoms with Crippen molar-refractivity contribution in [3.05, 3.63) is 71.4 Å². The van der Waals surface area contributed by atoms with Crippen molar-refractivity contribution in [2.24, 2.45) is 11.3 Å². The van der Waals surface area contributed by atoms with E-state index in [-0.39, 0.29) is 11.7 Å². The molecule has 0 spiro atoms. The maximum Gasteiger partial charge on any atom is 0.234 e. The minimum Gasteiger partial charge on any atom is -0.325 e. The van der Waals surface area contributed by atoms with E-state index >= 15 is 0 Å². The van der Waals surface area contributed by atoms with Gasteiger partial charge in [-0.25, -0.2) is 4.98 Å². The van der Waals surface area contributed by atoms with Crippen LogP contribution in [0, 0.1) is 11.3 Å². The predicted molar refractivity (Wildman–Crippen MR) is 152 cm³/mol. The molecule has 188 valence electrons. The van der Waals surface area contributed by atoms with Gasteiger partial charge in [-0.1, -0.05) is 81.1 Å². The van der Waals surface area contributed by atoms with Crippen LogP contribution in [0.1, 0.15) is 37.6 Å². The summed E-state index contributed by atoms with van der Waals surface area (Å²) in [7, 11) is 0. The van der Waals surface area contributed by atoms with Crippen LogP contribution in [0.5, 0.6) is 0 Å². The quantitative estimate of drug-likeness (QED) is 0.252. The highest BCUT2D eigenvalue weighted by molar-refractivity contribution is 7.99. The summed E-state index contributed by atoms with van der Waals surface area (Å²) in [5.74, 6) is 0.829. The molecule has 5 aromatic rings. The molecule has 1 amide bonds. The average Bonchev–Trinajstić information content (AvgIpc) is 3.48. The van der Waals surface area contributed by atoms with Crippen LogP contribution >= 0.6 is 23.1 Å². The number of carbonyl (C=O) groups excluding carboxylic acids is 1. The fourth-order valence-electron chi connectivity index (χ4n) is 5.17. The van der Waals surface area contributed by atoms with Crippen LogP contribution in [-0.2, 0) is 17.6 Å². The molecule has 0 radical (unpaired) electrons. The number of nitrogens with zero attached hydrogens (tertiary/aromatic N) is 4. The van der Waals surface area contributed by atoms with Crippen molar-refractivity contribution in [3.8, 4) is 11.1 Å². The fourth-order valence-corrected chi connectivity index (χ4v) is 7.14. The van der Waals surface area contributed by atoms with Crippen LogP contribution in [0.15, 0.2) is 66.1 Å². The Morgan fingerprint density at radius 3 is 2.70 bits per heavy atom. The normalized spacial score (nSPS) is 15.7. The van der Waals surface area contributed by atoms with E-state index in [4.69, 9.17) is 4.98 Å².